The molecule has 0 fully saturated rings. The third-order valence-corrected chi connectivity index (χ3v) is 10.6. The summed E-state index contributed by atoms with van der Waals surface area (Å²) in [7, 11) is 0. The Balaban J connectivity index is 1.12. The molecule has 0 atom stereocenters. The number of para-hydroxylation sites is 3. The molecule has 0 amide bonds. The maximum Gasteiger partial charge on any atom is 0.132 e. The standard InChI is InChI=1S/C49H33NO/c1-3-13-34(14-4-1)35-23-25-36(26-24-35)37-27-29-39(30-28-37)50(38-15-5-2-6-16-38)40-31-32-42-41-17-7-8-18-43(41)49(46(42)33-40)44-19-9-11-21-47(44)51-48-22-12-10-20-45(48)49/h1-33H. The van der Waals surface area contributed by atoms with Gasteiger partial charge in [0.05, 0.1) is 5.41 Å². The fraction of sp³-hybridized carbons (Fsp3) is 0.0204. The van der Waals surface area contributed by atoms with Crippen LogP contribution in [0.25, 0.3) is 33.4 Å². The fourth-order valence-electron chi connectivity index (χ4n) is 8.29. The number of benzene rings is 8. The van der Waals surface area contributed by atoms with Crippen molar-refractivity contribution in [2.75, 3.05) is 4.90 Å². The van der Waals surface area contributed by atoms with E-state index in [1.165, 1.54) is 55.6 Å². The molecule has 2 heteroatoms. The number of fused-ring (bicyclic) bond motifs is 9. The minimum absolute atomic E-state index is 0.522. The lowest BCUT2D eigenvalue weighted by molar-refractivity contribution is 0.436. The first-order valence-electron chi connectivity index (χ1n) is 17.5. The van der Waals surface area contributed by atoms with Gasteiger partial charge < -0.3 is 9.64 Å². The van der Waals surface area contributed by atoms with Crippen molar-refractivity contribution in [3.63, 3.8) is 0 Å². The van der Waals surface area contributed by atoms with E-state index >= 15 is 0 Å². The fourth-order valence-corrected chi connectivity index (χ4v) is 8.29. The van der Waals surface area contributed by atoms with Crippen LogP contribution in [0.1, 0.15) is 22.3 Å². The molecule has 0 saturated heterocycles. The maximum absolute atomic E-state index is 6.58. The lowest BCUT2D eigenvalue weighted by atomic mass is 9.66. The molecule has 0 aromatic heterocycles. The summed E-state index contributed by atoms with van der Waals surface area (Å²) in [5, 5.41) is 0. The van der Waals surface area contributed by atoms with Crippen LogP contribution in [0, 0.1) is 0 Å². The van der Waals surface area contributed by atoms with E-state index in [1.54, 1.807) is 0 Å². The van der Waals surface area contributed by atoms with Crippen LogP contribution >= 0.6 is 0 Å². The van der Waals surface area contributed by atoms with Crippen LogP contribution < -0.4 is 9.64 Å². The van der Waals surface area contributed by atoms with E-state index in [-0.39, 0.29) is 0 Å². The Morgan fingerprint density at radius 2 is 0.745 bits per heavy atom. The van der Waals surface area contributed by atoms with Gasteiger partial charge in [0.2, 0.25) is 0 Å². The largest absolute Gasteiger partial charge is 0.457 e. The number of hydrogen-bond acceptors (Lipinski definition) is 2. The minimum Gasteiger partial charge on any atom is -0.457 e. The summed E-state index contributed by atoms with van der Waals surface area (Å²) in [4.78, 5) is 2.37. The second-order valence-electron chi connectivity index (χ2n) is 13.3. The lowest BCUT2D eigenvalue weighted by Crippen LogP contribution is -2.32. The monoisotopic (exact) mass is 651 g/mol. The molecule has 2 aliphatic rings. The topological polar surface area (TPSA) is 12.5 Å². The van der Waals surface area contributed by atoms with Crippen molar-refractivity contribution in [1.29, 1.82) is 0 Å². The molecule has 1 aliphatic heterocycles. The number of ether oxygens (including phenoxy) is 1. The molecule has 8 aromatic rings. The molecule has 1 heterocycles. The minimum atomic E-state index is -0.522. The van der Waals surface area contributed by atoms with E-state index in [0.717, 1.165) is 28.6 Å². The van der Waals surface area contributed by atoms with Gasteiger partial charge in [-0.3, -0.25) is 0 Å². The van der Waals surface area contributed by atoms with Gasteiger partial charge in [0, 0.05) is 28.2 Å². The van der Waals surface area contributed by atoms with Gasteiger partial charge >= 0.3 is 0 Å². The molecule has 1 aliphatic carbocycles. The highest BCUT2D eigenvalue weighted by Crippen LogP contribution is 2.62. The summed E-state index contributed by atoms with van der Waals surface area (Å²) in [6.07, 6.45) is 0. The van der Waals surface area contributed by atoms with Crippen molar-refractivity contribution < 1.29 is 4.74 Å². The second kappa shape index (κ2) is 11.8. The van der Waals surface area contributed by atoms with Crippen LogP contribution in [-0.2, 0) is 5.41 Å². The summed E-state index contributed by atoms with van der Waals surface area (Å²) >= 11 is 0. The van der Waals surface area contributed by atoms with Crippen LogP contribution in [0.4, 0.5) is 17.1 Å². The molecular weight excluding hydrogens is 619 g/mol. The van der Waals surface area contributed by atoms with Crippen molar-refractivity contribution >= 4 is 17.1 Å². The van der Waals surface area contributed by atoms with E-state index in [4.69, 9.17) is 4.74 Å². The Labute approximate surface area is 298 Å². The van der Waals surface area contributed by atoms with Crippen LogP contribution in [0.5, 0.6) is 11.5 Å². The first-order valence-corrected chi connectivity index (χ1v) is 17.5. The average molecular weight is 652 g/mol. The van der Waals surface area contributed by atoms with Crippen molar-refractivity contribution in [1.82, 2.24) is 0 Å². The molecule has 10 rings (SSSR count). The summed E-state index contributed by atoms with van der Waals surface area (Å²) in [6.45, 7) is 0. The van der Waals surface area contributed by atoms with E-state index in [9.17, 15) is 0 Å². The van der Waals surface area contributed by atoms with E-state index in [0.29, 0.717) is 0 Å². The molecule has 0 unspecified atom stereocenters. The van der Waals surface area contributed by atoms with Crippen LogP contribution in [0.15, 0.2) is 200 Å². The molecule has 8 aromatic carbocycles. The van der Waals surface area contributed by atoms with Crippen LogP contribution in [0.3, 0.4) is 0 Å². The summed E-state index contributed by atoms with van der Waals surface area (Å²) in [5.74, 6) is 1.80. The maximum atomic E-state index is 6.58. The van der Waals surface area contributed by atoms with Gasteiger partial charge in [0.15, 0.2) is 0 Å². The zero-order chi connectivity index (χ0) is 33.8. The van der Waals surface area contributed by atoms with Gasteiger partial charge in [-0.1, -0.05) is 152 Å². The zero-order valence-electron chi connectivity index (χ0n) is 27.9. The van der Waals surface area contributed by atoms with E-state index in [2.05, 4.69) is 205 Å². The van der Waals surface area contributed by atoms with Crippen LogP contribution in [-0.4, -0.2) is 0 Å². The normalized spacial score (nSPS) is 13.0. The second-order valence-corrected chi connectivity index (χ2v) is 13.3. The van der Waals surface area contributed by atoms with Crippen molar-refractivity contribution in [3.8, 4) is 44.9 Å². The van der Waals surface area contributed by atoms with Crippen molar-refractivity contribution in [2.45, 2.75) is 5.41 Å². The number of rotatable bonds is 5. The predicted octanol–water partition coefficient (Wildman–Crippen LogP) is 13.0. The first-order chi connectivity index (χ1) is 25.3. The highest BCUT2D eigenvalue weighted by Gasteiger charge is 2.51. The molecule has 0 radical (unpaired) electrons. The third-order valence-electron chi connectivity index (χ3n) is 10.6. The van der Waals surface area contributed by atoms with Gasteiger partial charge in [-0.25, -0.2) is 0 Å². The van der Waals surface area contributed by atoms with Crippen molar-refractivity contribution in [3.05, 3.63) is 222 Å². The molecule has 0 bridgehead atoms. The average Bonchev–Trinajstić information content (AvgIpc) is 3.49. The third kappa shape index (κ3) is 4.57. The quantitative estimate of drug-likeness (QED) is 0.184. The molecule has 1 spiro atoms. The number of anilines is 3. The number of hydrogen-bond donors (Lipinski definition) is 0. The molecule has 240 valence electrons. The SMILES string of the molecule is c1ccc(-c2ccc(-c3ccc(N(c4ccccc4)c4ccc5c(c4)C4(c6ccccc6Oc6ccccc64)c4ccccc4-5)cc3)cc2)cc1. The Morgan fingerprint density at radius 1 is 0.314 bits per heavy atom. The molecular formula is C49H33NO. The van der Waals surface area contributed by atoms with Crippen molar-refractivity contribution in [2.24, 2.45) is 0 Å². The van der Waals surface area contributed by atoms with E-state index in [1.807, 2.05) is 0 Å². The Kier molecular flexibility index (Phi) is 6.75. The van der Waals surface area contributed by atoms with Gasteiger partial charge in [-0.05, 0) is 93.0 Å². The van der Waals surface area contributed by atoms with Gasteiger partial charge in [0.25, 0.3) is 0 Å². The van der Waals surface area contributed by atoms with Gasteiger partial charge in [-0.2, -0.15) is 0 Å². The molecule has 51 heavy (non-hydrogen) atoms. The number of nitrogens with zero attached hydrogens (tertiary/aromatic N) is 1. The molecule has 0 saturated carbocycles. The highest BCUT2D eigenvalue weighted by molar-refractivity contribution is 5.91. The Hall–Kier alpha value is -6.64. The Morgan fingerprint density at radius 3 is 1.37 bits per heavy atom. The van der Waals surface area contributed by atoms with E-state index < -0.39 is 5.41 Å². The zero-order valence-corrected chi connectivity index (χ0v) is 27.9. The van der Waals surface area contributed by atoms with Crippen LogP contribution in [0.2, 0.25) is 0 Å². The van der Waals surface area contributed by atoms with Gasteiger partial charge in [-0.15, -0.1) is 0 Å². The lowest BCUT2D eigenvalue weighted by Gasteiger charge is -2.39. The summed E-state index contributed by atoms with van der Waals surface area (Å²) in [6, 6.07) is 72.0. The predicted molar refractivity (Wildman–Crippen MR) is 209 cm³/mol. The highest BCUT2D eigenvalue weighted by atomic mass is 16.5. The molecule has 2 nitrogen and oxygen atoms in total. The first kappa shape index (κ1) is 29.3. The summed E-state index contributed by atoms with van der Waals surface area (Å²) in [5.41, 5.74) is 15.0. The smallest absolute Gasteiger partial charge is 0.132 e. The Bertz CT molecular complexity index is 2490. The summed E-state index contributed by atoms with van der Waals surface area (Å²) < 4.78 is 6.58. The van der Waals surface area contributed by atoms with Gasteiger partial charge in [0.1, 0.15) is 11.5 Å². The molecule has 0 N–H and O–H groups in total.